The Labute approximate surface area is 93.8 Å². The van der Waals surface area contributed by atoms with Crippen LogP contribution >= 0.6 is 11.3 Å². The molecule has 0 saturated heterocycles. The minimum Gasteiger partial charge on any atom is -0.318 e. The van der Waals surface area contributed by atoms with Crippen molar-refractivity contribution in [2.75, 3.05) is 0 Å². The molecule has 0 aliphatic heterocycles. The number of thiophene rings is 1. The van der Waals surface area contributed by atoms with Crippen LogP contribution in [-0.4, -0.2) is 4.98 Å². The monoisotopic (exact) mass is 218 g/mol. The highest BCUT2D eigenvalue weighted by Gasteiger charge is 2.11. The molecule has 0 aromatic carbocycles. The van der Waals surface area contributed by atoms with Gasteiger partial charge >= 0.3 is 0 Å². The lowest BCUT2D eigenvalue weighted by atomic mass is 10.1. The maximum Gasteiger partial charge on any atom is 0.0820 e. The minimum absolute atomic E-state index is 0.0939. The van der Waals surface area contributed by atoms with Crippen molar-refractivity contribution in [3.8, 4) is 0 Å². The molecule has 2 N–H and O–H groups in total. The number of hydrogen-bond donors (Lipinski definition) is 1. The Kier molecular flexibility index (Phi) is 2.84. The molecule has 0 bridgehead atoms. The first-order valence-electron chi connectivity index (χ1n) is 4.91. The van der Waals surface area contributed by atoms with Crippen LogP contribution in [0.1, 0.15) is 27.1 Å². The van der Waals surface area contributed by atoms with E-state index < -0.39 is 0 Å². The number of pyridine rings is 1. The van der Waals surface area contributed by atoms with E-state index in [1.165, 1.54) is 15.3 Å². The number of rotatable bonds is 2. The summed E-state index contributed by atoms with van der Waals surface area (Å²) in [6.45, 7) is 4.14. The highest BCUT2D eigenvalue weighted by atomic mass is 32.1. The molecule has 1 atom stereocenters. The number of nitrogens with two attached hydrogens (primary N) is 1. The van der Waals surface area contributed by atoms with Crippen molar-refractivity contribution < 1.29 is 0 Å². The number of nitrogens with zero attached hydrogens (tertiary/aromatic N) is 1. The Hall–Kier alpha value is -1.19. The normalized spacial score (nSPS) is 12.7. The summed E-state index contributed by atoms with van der Waals surface area (Å²) in [4.78, 5) is 6.76. The van der Waals surface area contributed by atoms with Crippen LogP contribution in [0.3, 0.4) is 0 Å². The molecule has 2 rings (SSSR count). The van der Waals surface area contributed by atoms with Crippen LogP contribution in [-0.2, 0) is 0 Å². The molecule has 0 fully saturated rings. The van der Waals surface area contributed by atoms with Crippen molar-refractivity contribution in [2.45, 2.75) is 19.9 Å². The second-order valence-electron chi connectivity index (χ2n) is 3.68. The predicted octanol–water partition coefficient (Wildman–Crippen LogP) is 2.81. The van der Waals surface area contributed by atoms with Crippen LogP contribution in [0.25, 0.3) is 0 Å². The predicted molar refractivity (Wildman–Crippen MR) is 64.1 cm³/mol. The van der Waals surface area contributed by atoms with E-state index in [-0.39, 0.29) is 6.04 Å². The van der Waals surface area contributed by atoms with Gasteiger partial charge < -0.3 is 5.73 Å². The van der Waals surface area contributed by atoms with Gasteiger partial charge in [0, 0.05) is 16.0 Å². The zero-order valence-electron chi connectivity index (χ0n) is 8.90. The highest BCUT2D eigenvalue weighted by molar-refractivity contribution is 7.12. The standard InChI is InChI=1S/C12H14N2S/c1-8-5-6-14-10(7-8)12(13)11-4-3-9(2)15-11/h3-7,12H,13H2,1-2H3. The third-order valence-corrected chi connectivity index (χ3v) is 3.41. The Morgan fingerprint density at radius 2 is 2.07 bits per heavy atom. The first-order chi connectivity index (χ1) is 7.16. The molecular formula is C12H14N2S. The highest BCUT2D eigenvalue weighted by Crippen LogP contribution is 2.25. The molecule has 78 valence electrons. The maximum absolute atomic E-state index is 6.15. The van der Waals surface area contributed by atoms with Gasteiger partial charge in [0.15, 0.2) is 0 Å². The molecule has 0 spiro atoms. The van der Waals surface area contributed by atoms with Gasteiger partial charge in [-0.2, -0.15) is 0 Å². The van der Waals surface area contributed by atoms with Crippen LogP contribution in [0.5, 0.6) is 0 Å². The molecular weight excluding hydrogens is 204 g/mol. The molecule has 2 nitrogen and oxygen atoms in total. The molecule has 2 aromatic heterocycles. The van der Waals surface area contributed by atoms with Gasteiger partial charge in [-0.3, -0.25) is 4.98 Å². The summed E-state index contributed by atoms with van der Waals surface area (Å²) in [5, 5.41) is 0. The summed E-state index contributed by atoms with van der Waals surface area (Å²) in [6, 6.07) is 8.10. The van der Waals surface area contributed by atoms with Gasteiger partial charge in [0.05, 0.1) is 11.7 Å². The van der Waals surface area contributed by atoms with Gasteiger partial charge in [0.25, 0.3) is 0 Å². The fourth-order valence-electron chi connectivity index (χ4n) is 1.50. The van der Waals surface area contributed by atoms with Crippen LogP contribution in [0, 0.1) is 13.8 Å². The van der Waals surface area contributed by atoms with Crippen molar-refractivity contribution in [1.82, 2.24) is 4.98 Å². The van der Waals surface area contributed by atoms with Crippen LogP contribution in [0.4, 0.5) is 0 Å². The van der Waals surface area contributed by atoms with Crippen LogP contribution < -0.4 is 5.73 Å². The third kappa shape index (κ3) is 2.25. The van der Waals surface area contributed by atoms with Gasteiger partial charge in [-0.15, -0.1) is 11.3 Å². The zero-order chi connectivity index (χ0) is 10.8. The van der Waals surface area contributed by atoms with Gasteiger partial charge in [0.2, 0.25) is 0 Å². The molecule has 3 heteroatoms. The van der Waals surface area contributed by atoms with E-state index in [4.69, 9.17) is 5.73 Å². The van der Waals surface area contributed by atoms with Gasteiger partial charge in [0.1, 0.15) is 0 Å². The first kappa shape index (κ1) is 10.3. The lowest BCUT2D eigenvalue weighted by Gasteiger charge is -2.09. The zero-order valence-corrected chi connectivity index (χ0v) is 9.71. The number of aryl methyl sites for hydroxylation is 2. The van der Waals surface area contributed by atoms with Gasteiger partial charge in [-0.1, -0.05) is 0 Å². The van der Waals surface area contributed by atoms with Gasteiger partial charge in [-0.25, -0.2) is 0 Å². The first-order valence-corrected chi connectivity index (χ1v) is 5.73. The molecule has 2 heterocycles. The summed E-state index contributed by atoms with van der Waals surface area (Å²) in [7, 11) is 0. The van der Waals surface area contributed by atoms with E-state index in [1.807, 2.05) is 18.3 Å². The molecule has 0 amide bonds. The molecule has 2 aromatic rings. The molecule has 1 unspecified atom stereocenters. The average Bonchev–Trinajstić information content (AvgIpc) is 2.64. The largest absolute Gasteiger partial charge is 0.318 e. The summed E-state index contributed by atoms with van der Waals surface area (Å²) < 4.78 is 0. The molecule has 0 aliphatic rings. The Bertz CT molecular complexity index is 462. The Balaban J connectivity index is 2.32. The van der Waals surface area contributed by atoms with E-state index in [9.17, 15) is 0 Å². The smallest absolute Gasteiger partial charge is 0.0820 e. The average molecular weight is 218 g/mol. The fraction of sp³-hybridized carbons (Fsp3) is 0.250. The molecule has 0 radical (unpaired) electrons. The lowest BCUT2D eigenvalue weighted by molar-refractivity contribution is 0.844. The number of hydrogen-bond acceptors (Lipinski definition) is 3. The van der Waals surface area contributed by atoms with E-state index in [2.05, 4.69) is 31.0 Å². The van der Waals surface area contributed by atoms with Crippen molar-refractivity contribution >= 4 is 11.3 Å². The van der Waals surface area contributed by atoms with Crippen molar-refractivity contribution in [3.05, 3.63) is 51.5 Å². The Morgan fingerprint density at radius 1 is 1.27 bits per heavy atom. The summed E-state index contributed by atoms with van der Waals surface area (Å²) in [5.74, 6) is 0. The number of aromatic nitrogens is 1. The van der Waals surface area contributed by atoms with E-state index in [1.54, 1.807) is 11.3 Å². The quantitative estimate of drug-likeness (QED) is 0.841. The van der Waals surface area contributed by atoms with Gasteiger partial charge in [-0.05, 0) is 43.7 Å². The SMILES string of the molecule is Cc1ccnc(C(N)c2ccc(C)s2)c1. The fourth-order valence-corrected chi connectivity index (χ4v) is 2.39. The van der Waals surface area contributed by atoms with E-state index in [0.717, 1.165) is 5.69 Å². The van der Waals surface area contributed by atoms with Crippen molar-refractivity contribution in [3.63, 3.8) is 0 Å². The van der Waals surface area contributed by atoms with Crippen LogP contribution in [0.2, 0.25) is 0 Å². The minimum atomic E-state index is -0.0939. The summed E-state index contributed by atoms with van der Waals surface area (Å²) >= 11 is 1.73. The molecule has 15 heavy (non-hydrogen) atoms. The van der Waals surface area contributed by atoms with Crippen molar-refractivity contribution in [1.29, 1.82) is 0 Å². The lowest BCUT2D eigenvalue weighted by Crippen LogP contribution is -2.11. The third-order valence-electron chi connectivity index (χ3n) is 2.32. The van der Waals surface area contributed by atoms with Crippen LogP contribution in [0.15, 0.2) is 30.5 Å². The van der Waals surface area contributed by atoms with E-state index >= 15 is 0 Å². The molecule has 0 aliphatic carbocycles. The molecule has 0 saturated carbocycles. The van der Waals surface area contributed by atoms with Crippen molar-refractivity contribution in [2.24, 2.45) is 5.73 Å². The second kappa shape index (κ2) is 4.13. The second-order valence-corrected chi connectivity index (χ2v) is 5.00. The van der Waals surface area contributed by atoms with E-state index in [0.29, 0.717) is 0 Å². The summed E-state index contributed by atoms with van der Waals surface area (Å²) in [5.41, 5.74) is 8.29. The summed E-state index contributed by atoms with van der Waals surface area (Å²) in [6.07, 6.45) is 1.81. The maximum atomic E-state index is 6.15. The Morgan fingerprint density at radius 3 is 2.67 bits per heavy atom. The topological polar surface area (TPSA) is 38.9 Å².